The number of fused-ring (bicyclic) bond motifs is 1. The molecule has 1 heterocycles. The second kappa shape index (κ2) is 4.69. The first-order valence-corrected chi connectivity index (χ1v) is 7.29. The summed E-state index contributed by atoms with van der Waals surface area (Å²) >= 11 is 9.94. The van der Waals surface area contributed by atoms with E-state index in [9.17, 15) is 0 Å². The van der Waals surface area contributed by atoms with Gasteiger partial charge in [0.1, 0.15) is 0 Å². The Hall–Kier alpha value is -1.25. The molecule has 0 aliphatic rings. The standard InChI is InChI=1S/C16H13BrClN/c1-10-11(2)19(14-8-4-3-6-12(10)14)15-9-5-7-13(17)16(15)18/h3-9H,1-2H3. The minimum atomic E-state index is 0.742. The third kappa shape index (κ3) is 1.90. The largest absolute Gasteiger partial charge is 0.312 e. The van der Waals surface area contributed by atoms with E-state index < -0.39 is 0 Å². The Kier molecular flexibility index (Phi) is 3.15. The Bertz CT molecular complexity index is 774. The molecule has 0 bridgehead atoms. The Morgan fingerprint density at radius 1 is 1.00 bits per heavy atom. The van der Waals surface area contributed by atoms with Gasteiger partial charge in [0, 0.05) is 15.6 Å². The number of hydrogen-bond donors (Lipinski definition) is 0. The molecule has 96 valence electrons. The van der Waals surface area contributed by atoms with Crippen LogP contribution in [0.2, 0.25) is 5.02 Å². The van der Waals surface area contributed by atoms with Crippen molar-refractivity contribution in [3.63, 3.8) is 0 Å². The third-order valence-corrected chi connectivity index (χ3v) is 4.89. The molecule has 0 aliphatic carbocycles. The van der Waals surface area contributed by atoms with E-state index >= 15 is 0 Å². The smallest absolute Gasteiger partial charge is 0.0788 e. The van der Waals surface area contributed by atoms with Crippen LogP contribution in [-0.4, -0.2) is 4.57 Å². The molecule has 0 saturated heterocycles. The number of para-hydroxylation sites is 1. The zero-order valence-electron chi connectivity index (χ0n) is 10.7. The molecule has 3 rings (SSSR count). The molecule has 0 saturated carbocycles. The minimum absolute atomic E-state index is 0.742. The highest BCUT2D eigenvalue weighted by Crippen LogP contribution is 2.34. The minimum Gasteiger partial charge on any atom is -0.312 e. The van der Waals surface area contributed by atoms with Crippen LogP contribution in [0.1, 0.15) is 11.3 Å². The fourth-order valence-electron chi connectivity index (χ4n) is 2.50. The molecule has 1 nitrogen and oxygen atoms in total. The third-order valence-electron chi connectivity index (χ3n) is 3.60. The van der Waals surface area contributed by atoms with Gasteiger partial charge in [-0.15, -0.1) is 0 Å². The molecule has 0 unspecified atom stereocenters. The van der Waals surface area contributed by atoms with Gasteiger partial charge in [-0.3, -0.25) is 0 Å². The van der Waals surface area contributed by atoms with E-state index in [1.54, 1.807) is 0 Å². The molecule has 2 aromatic carbocycles. The Balaban J connectivity index is 2.43. The fraction of sp³-hybridized carbons (Fsp3) is 0.125. The van der Waals surface area contributed by atoms with Gasteiger partial charge in [-0.1, -0.05) is 35.9 Å². The second-order valence-electron chi connectivity index (χ2n) is 4.64. The molecular formula is C16H13BrClN. The number of halogens is 2. The topological polar surface area (TPSA) is 4.93 Å². The number of aryl methyl sites for hydroxylation is 1. The number of aromatic nitrogens is 1. The molecule has 19 heavy (non-hydrogen) atoms. The maximum Gasteiger partial charge on any atom is 0.0788 e. The lowest BCUT2D eigenvalue weighted by Crippen LogP contribution is -1.98. The summed E-state index contributed by atoms with van der Waals surface area (Å²) in [6.07, 6.45) is 0. The summed E-state index contributed by atoms with van der Waals surface area (Å²) in [6.45, 7) is 4.28. The molecule has 3 heteroatoms. The van der Waals surface area contributed by atoms with E-state index in [0.29, 0.717) is 0 Å². The van der Waals surface area contributed by atoms with Crippen molar-refractivity contribution >= 4 is 38.4 Å². The van der Waals surface area contributed by atoms with Crippen LogP contribution < -0.4 is 0 Å². The summed E-state index contributed by atoms with van der Waals surface area (Å²) in [5, 5.41) is 2.02. The van der Waals surface area contributed by atoms with Crippen molar-refractivity contribution < 1.29 is 0 Å². The first-order valence-electron chi connectivity index (χ1n) is 6.12. The summed E-state index contributed by atoms with van der Waals surface area (Å²) in [5.41, 5.74) is 4.73. The zero-order chi connectivity index (χ0) is 13.6. The van der Waals surface area contributed by atoms with Gasteiger partial charge in [0.15, 0.2) is 0 Å². The highest BCUT2D eigenvalue weighted by Gasteiger charge is 2.14. The lowest BCUT2D eigenvalue weighted by Gasteiger charge is -2.11. The van der Waals surface area contributed by atoms with Crippen LogP contribution in [0, 0.1) is 13.8 Å². The molecule has 3 aromatic rings. The van der Waals surface area contributed by atoms with Gasteiger partial charge in [-0.25, -0.2) is 0 Å². The quantitative estimate of drug-likeness (QED) is 0.541. The first-order chi connectivity index (χ1) is 9.11. The molecule has 0 aliphatic heterocycles. The van der Waals surface area contributed by atoms with Gasteiger partial charge in [-0.2, -0.15) is 0 Å². The lowest BCUT2D eigenvalue weighted by atomic mass is 10.2. The van der Waals surface area contributed by atoms with Crippen LogP contribution in [0.15, 0.2) is 46.9 Å². The van der Waals surface area contributed by atoms with Crippen molar-refractivity contribution in [2.24, 2.45) is 0 Å². The van der Waals surface area contributed by atoms with Crippen LogP contribution in [0.25, 0.3) is 16.6 Å². The van der Waals surface area contributed by atoms with E-state index in [2.05, 4.69) is 58.6 Å². The first kappa shape index (κ1) is 12.8. The maximum atomic E-state index is 6.44. The van der Waals surface area contributed by atoms with Crippen LogP contribution in [0.3, 0.4) is 0 Å². The monoisotopic (exact) mass is 333 g/mol. The predicted octanol–water partition coefficient (Wildman–Crippen LogP) is 5.66. The van der Waals surface area contributed by atoms with Crippen LogP contribution in [-0.2, 0) is 0 Å². The summed E-state index contributed by atoms with van der Waals surface area (Å²) in [6, 6.07) is 14.4. The van der Waals surface area contributed by atoms with Crippen molar-refractivity contribution in [1.82, 2.24) is 4.57 Å². The predicted molar refractivity (Wildman–Crippen MR) is 85.5 cm³/mol. The van der Waals surface area contributed by atoms with Crippen molar-refractivity contribution in [3.05, 3.63) is 63.2 Å². The van der Waals surface area contributed by atoms with Gasteiger partial charge >= 0.3 is 0 Å². The lowest BCUT2D eigenvalue weighted by molar-refractivity contribution is 1.04. The van der Waals surface area contributed by atoms with Gasteiger partial charge in [0.25, 0.3) is 0 Å². The second-order valence-corrected chi connectivity index (χ2v) is 5.87. The Labute approximate surface area is 125 Å². The summed E-state index contributed by atoms with van der Waals surface area (Å²) in [4.78, 5) is 0. The highest BCUT2D eigenvalue weighted by molar-refractivity contribution is 9.10. The van der Waals surface area contributed by atoms with Crippen LogP contribution in [0.5, 0.6) is 0 Å². The normalized spacial score (nSPS) is 11.2. The van der Waals surface area contributed by atoms with Gasteiger partial charge in [-0.05, 0) is 53.5 Å². The SMILES string of the molecule is Cc1c(C)n(-c2cccc(Br)c2Cl)c2ccccc12. The molecule has 0 N–H and O–H groups in total. The molecule has 0 radical (unpaired) electrons. The number of rotatable bonds is 1. The summed E-state index contributed by atoms with van der Waals surface area (Å²) in [7, 11) is 0. The molecule has 1 aromatic heterocycles. The Morgan fingerprint density at radius 2 is 1.74 bits per heavy atom. The average molecular weight is 335 g/mol. The molecular weight excluding hydrogens is 322 g/mol. The van der Waals surface area contributed by atoms with Crippen molar-refractivity contribution in [1.29, 1.82) is 0 Å². The highest BCUT2D eigenvalue weighted by atomic mass is 79.9. The molecule has 0 amide bonds. The van der Waals surface area contributed by atoms with Gasteiger partial charge in [0.05, 0.1) is 16.2 Å². The van der Waals surface area contributed by atoms with E-state index in [0.717, 1.165) is 15.2 Å². The maximum absolute atomic E-state index is 6.44. The Morgan fingerprint density at radius 3 is 2.53 bits per heavy atom. The zero-order valence-corrected chi connectivity index (χ0v) is 13.1. The van der Waals surface area contributed by atoms with E-state index in [1.807, 2.05) is 18.2 Å². The molecule has 0 atom stereocenters. The summed E-state index contributed by atoms with van der Waals surface area (Å²) < 4.78 is 3.14. The van der Waals surface area contributed by atoms with Gasteiger partial charge < -0.3 is 4.57 Å². The number of nitrogens with zero attached hydrogens (tertiary/aromatic N) is 1. The van der Waals surface area contributed by atoms with Crippen molar-refractivity contribution in [3.8, 4) is 5.69 Å². The summed E-state index contributed by atoms with van der Waals surface area (Å²) in [5.74, 6) is 0. The van der Waals surface area contributed by atoms with E-state index in [-0.39, 0.29) is 0 Å². The van der Waals surface area contributed by atoms with Crippen LogP contribution in [0.4, 0.5) is 0 Å². The fourth-order valence-corrected chi connectivity index (χ4v) is 3.07. The van der Waals surface area contributed by atoms with E-state index in [1.165, 1.54) is 22.2 Å². The van der Waals surface area contributed by atoms with Crippen LogP contribution >= 0.6 is 27.5 Å². The van der Waals surface area contributed by atoms with Gasteiger partial charge in [0.2, 0.25) is 0 Å². The number of benzene rings is 2. The van der Waals surface area contributed by atoms with E-state index in [4.69, 9.17) is 11.6 Å². The molecule has 0 fully saturated rings. The molecule has 0 spiro atoms. The van der Waals surface area contributed by atoms with Crippen molar-refractivity contribution in [2.75, 3.05) is 0 Å². The average Bonchev–Trinajstić information content (AvgIpc) is 2.67. The number of hydrogen-bond acceptors (Lipinski definition) is 0. The van der Waals surface area contributed by atoms with Crippen molar-refractivity contribution in [2.45, 2.75) is 13.8 Å².